The molecule has 1 fully saturated rings. The summed E-state index contributed by atoms with van der Waals surface area (Å²) in [7, 11) is -0.592. The topological polar surface area (TPSA) is 87.7 Å². The number of nitrogens with one attached hydrogen (secondary N) is 2. The molecule has 6 nitrogen and oxygen atoms in total. The molecule has 15 heavy (non-hydrogen) atoms. The van der Waals surface area contributed by atoms with Crippen LogP contribution >= 0.6 is 8.69 Å². The number of hydrogen-bond donors (Lipinski definition) is 3. The van der Waals surface area contributed by atoms with Crippen LogP contribution in [0, 0.1) is 0 Å². The highest BCUT2D eigenvalue weighted by Crippen LogP contribution is 2.05. The summed E-state index contributed by atoms with van der Waals surface area (Å²) in [5.41, 5.74) is 1.63. The highest BCUT2D eigenvalue weighted by molar-refractivity contribution is 7.17. The van der Waals surface area contributed by atoms with Crippen molar-refractivity contribution in [3.8, 4) is 0 Å². The first kappa shape index (κ1) is 14.5. The lowest BCUT2D eigenvalue weighted by atomic mass is 10.1. The first-order valence-corrected chi connectivity index (χ1v) is 5.74. The van der Waals surface area contributed by atoms with Gasteiger partial charge in [-0.1, -0.05) is 6.42 Å². The molecule has 0 spiro atoms. The van der Waals surface area contributed by atoms with Gasteiger partial charge in [0, 0.05) is 0 Å². The van der Waals surface area contributed by atoms with Gasteiger partial charge in [-0.05, 0) is 30.9 Å². The Morgan fingerprint density at radius 1 is 1.67 bits per heavy atom. The number of carbonyl (C=O) groups excluding carboxylic acids is 1. The molecular formula is C8H18N2O4P+. The number of piperidine rings is 1. The second-order valence-electron chi connectivity index (χ2n) is 2.99. The lowest BCUT2D eigenvalue weighted by molar-refractivity contribution is -0.131. The van der Waals surface area contributed by atoms with E-state index in [0.717, 1.165) is 25.8 Å². The van der Waals surface area contributed by atoms with E-state index >= 15 is 0 Å². The largest absolute Gasteiger partial charge is 0.494 e. The maximum absolute atomic E-state index is 10.7. The van der Waals surface area contributed by atoms with E-state index in [0.29, 0.717) is 6.61 Å². The first-order valence-electron chi connectivity index (χ1n) is 4.92. The van der Waals surface area contributed by atoms with Crippen LogP contribution in [0.2, 0.25) is 0 Å². The number of hydroxylamine groups is 1. The van der Waals surface area contributed by atoms with Gasteiger partial charge in [0.05, 0.1) is 12.6 Å². The third kappa shape index (κ3) is 7.39. The van der Waals surface area contributed by atoms with Crippen LogP contribution in [0.25, 0.3) is 0 Å². The fourth-order valence-corrected chi connectivity index (χ4v) is 1.33. The predicted molar refractivity (Wildman–Crippen MR) is 56.2 cm³/mol. The van der Waals surface area contributed by atoms with Gasteiger partial charge in [0.15, 0.2) is 0 Å². The van der Waals surface area contributed by atoms with Crippen molar-refractivity contribution in [2.24, 2.45) is 0 Å². The van der Waals surface area contributed by atoms with Gasteiger partial charge in [0.2, 0.25) is 0 Å². The van der Waals surface area contributed by atoms with E-state index in [2.05, 4.69) is 9.84 Å². The second-order valence-corrected chi connectivity index (χ2v) is 3.45. The molecule has 1 aliphatic heterocycles. The summed E-state index contributed by atoms with van der Waals surface area (Å²) in [6.07, 6.45) is 3.01. The van der Waals surface area contributed by atoms with Gasteiger partial charge in [-0.15, -0.1) is 4.52 Å². The summed E-state index contributed by atoms with van der Waals surface area (Å²) in [5.74, 6) is -0.320. The normalized spacial score (nSPS) is 20.3. The number of hydrogen-bond acceptors (Lipinski definition) is 5. The maximum Gasteiger partial charge on any atom is 0.494 e. The van der Waals surface area contributed by atoms with Crippen molar-refractivity contribution >= 4 is 14.6 Å². The molecule has 0 aromatic carbocycles. The van der Waals surface area contributed by atoms with E-state index in [1.807, 2.05) is 0 Å². The van der Waals surface area contributed by atoms with Gasteiger partial charge in [0.25, 0.3) is 5.91 Å². The van der Waals surface area contributed by atoms with Crippen molar-refractivity contribution in [1.82, 2.24) is 10.8 Å². The molecule has 1 rings (SSSR count). The Morgan fingerprint density at radius 2 is 2.40 bits per heavy atom. The predicted octanol–water partition coefficient (Wildman–Crippen LogP) is 0.596. The van der Waals surface area contributed by atoms with E-state index in [-0.39, 0.29) is 11.9 Å². The molecule has 1 heterocycles. The van der Waals surface area contributed by atoms with Crippen LogP contribution < -0.4 is 10.8 Å². The van der Waals surface area contributed by atoms with Crippen molar-refractivity contribution in [1.29, 1.82) is 0 Å². The third-order valence-electron chi connectivity index (χ3n) is 1.94. The minimum absolute atomic E-state index is 0.182. The van der Waals surface area contributed by atoms with E-state index < -0.39 is 8.69 Å². The van der Waals surface area contributed by atoms with Crippen LogP contribution in [0.1, 0.15) is 26.2 Å². The highest BCUT2D eigenvalue weighted by atomic mass is 31.1. The van der Waals surface area contributed by atoms with Crippen LogP contribution in [0.3, 0.4) is 0 Å². The summed E-state index contributed by atoms with van der Waals surface area (Å²) < 4.78 is 13.6. The van der Waals surface area contributed by atoms with Crippen molar-refractivity contribution in [3.05, 3.63) is 0 Å². The van der Waals surface area contributed by atoms with Crippen LogP contribution in [-0.4, -0.2) is 30.3 Å². The Bertz CT molecular complexity index is 185. The van der Waals surface area contributed by atoms with Crippen molar-refractivity contribution in [2.75, 3.05) is 13.2 Å². The zero-order chi connectivity index (χ0) is 11.5. The molecule has 0 bridgehead atoms. The van der Waals surface area contributed by atoms with E-state index in [1.165, 1.54) is 0 Å². The van der Waals surface area contributed by atoms with E-state index in [9.17, 15) is 9.36 Å². The minimum Gasteiger partial charge on any atom is -0.306 e. The average molecular weight is 237 g/mol. The minimum atomic E-state index is -0.592. The SMILES string of the molecule is CCO[PH+]=O.O=C(NO)C1CCCCN1. The molecule has 0 aromatic rings. The Kier molecular flexibility index (Phi) is 9.62. The first-order chi connectivity index (χ1) is 7.26. The highest BCUT2D eigenvalue weighted by Gasteiger charge is 2.19. The maximum atomic E-state index is 10.7. The van der Waals surface area contributed by atoms with Crippen LogP contribution in [0.5, 0.6) is 0 Å². The molecule has 1 saturated heterocycles. The lowest BCUT2D eigenvalue weighted by Crippen LogP contribution is -2.45. The fourth-order valence-electron chi connectivity index (χ4n) is 1.21. The molecule has 1 amide bonds. The standard InChI is InChI=1S/C6H12N2O2.C2H6O2P/c9-6(8-10)5-3-1-2-4-7-5;1-2-4-5-3/h5,7,10H,1-4H2,(H,8,9);5H,2H2,1H3/q;+1. The van der Waals surface area contributed by atoms with Crippen molar-refractivity contribution < 1.29 is 19.1 Å². The molecule has 0 radical (unpaired) electrons. The molecule has 0 saturated carbocycles. The van der Waals surface area contributed by atoms with Crippen molar-refractivity contribution in [3.63, 3.8) is 0 Å². The molecular weight excluding hydrogens is 219 g/mol. The summed E-state index contributed by atoms with van der Waals surface area (Å²) in [5, 5.41) is 11.2. The van der Waals surface area contributed by atoms with E-state index in [4.69, 9.17) is 5.21 Å². The summed E-state index contributed by atoms with van der Waals surface area (Å²) in [4.78, 5) is 10.7. The molecule has 88 valence electrons. The molecule has 1 aliphatic rings. The van der Waals surface area contributed by atoms with Gasteiger partial charge < -0.3 is 5.32 Å². The van der Waals surface area contributed by atoms with Gasteiger partial charge in [-0.2, -0.15) is 0 Å². The van der Waals surface area contributed by atoms with Crippen LogP contribution in [-0.2, 0) is 13.9 Å². The van der Waals surface area contributed by atoms with Crippen LogP contribution in [0.15, 0.2) is 0 Å². The third-order valence-corrected chi connectivity index (χ3v) is 2.35. The number of rotatable bonds is 3. The quantitative estimate of drug-likeness (QED) is 0.380. The Labute approximate surface area is 90.6 Å². The second kappa shape index (κ2) is 9.98. The molecule has 0 aromatic heterocycles. The van der Waals surface area contributed by atoms with Gasteiger partial charge >= 0.3 is 8.69 Å². The fraction of sp³-hybridized carbons (Fsp3) is 0.875. The zero-order valence-electron chi connectivity index (χ0n) is 8.78. The van der Waals surface area contributed by atoms with Gasteiger partial charge in [0.1, 0.15) is 0 Å². The molecule has 3 N–H and O–H groups in total. The summed E-state index contributed by atoms with van der Waals surface area (Å²) in [6.45, 7) is 3.21. The molecule has 2 unspecified atom stereocenters. The average Bonchev–Trinajstić information content (AvgIpc) is 2.31. The Balaban J connectivity index is 0.000000336. The van der Waals surface area contributed by atoms with Crippen molar-refractivity contribution in [2.45, 2.75) is 32.2 Å². The van der Waals surface area contributed by atoms with Gasteiger partial charge in [-0.3, -0.25) is 10.0 Å². The monoisotopic (exact) mass is 237 g/mol. The smallest absolute Gasteiger partial charge is 0.306 e. The van der Waals surface area contributed by atoms with E-state index in [1.54, 1.807) is 12.4 Å². The Hall–Kier alpha value is -0.550. The summed E-state index contributed by atoms with van der Waals surface area (Å²) in [6, 6.07) is -0.182. The lowest BCUT2D eigenvalue weighted by Gasteiger charge is -2.20. The molecule has 2 atom stereocenters. The van der Waals surface area contributed by atoms with Crippen LogP contribution in [0.4, 0.5) is 0 Å². The summed E-state index contributed by atoms with van der Waals surface area (Å²) >= 11 is 0. The number of carbonyl (C=O) groups is 1. The van der Waals surface area contributed by atoms with Gasteiger partial charge in [-0.25, -0.2) is 5.48 Å². The number of amides is 1. The molecule has 7 heteroatoms. The Morgan fingerprint density at radius 3 is 2.73 bits per heavy atom. The zero-order valence-corrected chi connectivity index (χ0v) is 9.78. The molecule has 0 aliphatic carbocycles.